The van der Waals surface area contributed by atoms with Crippen molar-refractivity contribution in [3.63, 3.8) is 0 Å². The number of halogens is 1. The lowest BCUT2D eigenvalue weighted by atomic mass is 10.1. The quantitative estimate of drug-likeness (QED) is 0.731. The summed E-state index contributed by atoms with van der Waals surface area (Å²) in [5.41, 5.74) is 1.61. The van der Waals surface area contributed by atoms with E-state index in [9.17, 15) is 4.79 Å². The van der Waals surface area contributed by atoms with Gasteiger partial charge in [-0.2, -0.15) is 4.98 Å². The molecule has 1 fully saturated rings. The Morgan fingerprint density at radius 3 is 2.83 bits per heavy atom. The number of hydrogen-bond acceptors (Lipinski definition) is 5. The van der Waals surface area contributed by atoms with E-state index in [1.165, 1.54) is 0 Å². The summed E-state index contributed by atoms with van der Waals surface area (Å²) >= 11 is 6.01. The van der Waals surface area contributed by atoms with Crippen molar-refractivity contribution in [2.75, 3.05) is 11.4 Å². The second-order valence-corrected chi connectivity index (χ2v) is 6.01. The fourth-order valence-electron chi connectivity index (χ4n) is 2.79. The van der Waals surface area contributed by atoms with E-state index >= 15 is 0 Å². The van der Waals surface area contributed by atoms with Crippen LogP contribution in [0, 0.1) is 0 Å². The number of carbonyl (C=O) groups is 1. The summed E-state index contributed by atoms with van der Waals surface area (Å²) in [5, 5.41) is 4.60. The van der Waals surface area contributed by atoms with Gasteiger partial charge in [0.15, 0.2) is 0 Å². The Morgan fingerprint density at radius 2 is 2.04 bits per heavy atom. The van der Waals surface area contributed by atoms with Crippen molar-refractivity contribution in [1.82, 2.24) is 15.1 Å². The normalized spacial score (nSPS) is 17.5. The van der Waals surface area contributed by atoms with E-state index in [-0.39, 0.29) is 11.8 Å². The number of pyridine rings is 1. The first-order valence-corrected chi connectivity index (χ1v) is 7.88. The molecule has 1 aromatic carbocycles. The van der Waals surface area contributed by atoms with E-state index in [2.05, 4.69) is 15.1 Å². The average Bonchev–Trinajstić information content (AvgIpc) is 3.22. The van der Waals surface area contributed by atoms with E-state index < -0.39 is 0 Å². The van der Waals surface area contributed by atoms with Gasteiger partial charge >= 0.3 is 0 Å². The number of hydrogen-bond donors (Lipinski definition) is 0. The molecule has 1 amide bonds. The first-order chi connectivity index (χ1) is 11.7. The summed E-state index contributed by atoms with van der Waals surface area (Å²) in [7, 11) is 0. The fourth-order valence-corrected chi connectivity index (χ4v) is 2.97. The van der Waals surface area contributed by atoms with Gasteiger partial charge in [-0.05, 0) is 30.3 Å². The molecule has 0 spiro atoms. The third kappa shape index (κ3) is 2.76. The van der Waals surface area contributed by atoms with E-state index in [1.54, 1.807) is 29.4 Å². The molecule has 0 unspecified atom stereocenters. The molecule has 1 aliphatic rings. The maximum Gasteiger partial charge on any atom is 0.232 e. The third-order valence-electron chi connectivity index (χ3n) is 3.97. The SMILES string of the molecule is O=C1C[C@H](c2nc(-c3ccncc3)no2)CN1c1cccc(Cl)c1. The van der Waals surface area contributed by atoms with Crippen LogP contribution in [0.25, 0.3) is 11.4 Å². The molecule has 1 aliphatic heterocycles. The Labute approximate surface area is 143 Å². The first-order valence-electron chi connectivity index (χ1n) is 7.50. The van der Waals surface area contributed by atoms with Crippen LogP contribution < -0.4 is 4.90 Å². The molecular formula is C17H13ClN4O2. The van der Waals surface area contributed by atoms with Gasteiger partial charge in [-0.3, -0.25) is 9.78 Å². The topological polar surface area (TPSA) is 72.1 Å². The molecule has 1 saturated heterocycles. The summed E-state index contributed by atoms with van der Waals surface area (Å²) in [6, 6.07) is 10.9. The van der Waals surface area contributed by atoms with Crippen LogP contribution in [-0.4, -0.2) is 27.6 Å². The molecule has 24 heavy (non-hydrogen) atoms. The molecule has 6 nitrogen and oxygen atoms in total. The average molecular weight is 341 g/mol. The van der Waals surface area contributed by atoms with Crippen molar-refractivity contribution in [2.45, 2.75) is 12.3 Å². The van der Waals surface area contributed by atoms with E-state index in [1.807, 2.05) is 24.3 Å². The highest BCUT2D eigenvalue weighted by atomic mass is 35.5. The monoisotopic (exact) mass is 340 g/mol. The number of anilines is 1. The van der Waals surface area contributed by atoms with Gasteiger partial charge in [0.2, 0.25) is 17.6 Å². The van der Waals surface area contributed by atoms with Gasteiger partial charge in [0.1, 0.15) is 0 Å². The molecule has 0 saturated carbocycles. The zero-order valence-corrected chi connectivity index (χ0v) is 13.3. The molecule has 0 bridgehead atoms. The number of nitrogens with zero attached hydrogens (tertiary/aromatic N) is 4. The summed E-state index contributed by atoms with van der Waals surface area (Å²) < 4.78 is 5.37. The van der Waals surface area contributed by atoms with Gasteiger partial charge < -0.3 is 9.42 Å². The Bertz CT molecular complexity index is 881. The molecule has 3 aromatic rings. The lowest BCUT2D eigenvalue weighted by Crippen LogP contribution is -2.24. The van der Waals surface area contributed by atoms with E-state index in [4.69, 9.17) is 16.1 Å². The van der Waals surface area contributed by atoms with Crippen molar-refractivity contribution in [2.24, 2.45) is 0 Å². The molecule has 3 heterocycles. The number of rotatable bonds is 3. The molecule has 0 radical (unpaired) electrons. The second kappa shape index (κ2) is 6.05. The van der Waals surface area contributed by atoms with Crippen LogP contribution in [0.1, 0.15) is 18.2 Å². The molecule has 0 N–H and O–H groups in total. The maximum absolute atomic E-state index is 12.3. The van der Waals surface area contributed by atoms with Crippen LogP contribution in [0.4, 0.5) is 5.69 Å². The van der Waals surface area contributed by atoms with E-state index in [0.29, 0.717) is 29.7 Å². The smallest absolute Gasteiger partial charge is 0.232 e. The molecule has 7 heteroatoms. The number of aromatic nitrogens is 3. The molecule has 4 rings (SSSR count). The highest BCUT2D eigenvalue weighted by molar-refractivity contribution is 6.30. The van der Waals surface area contributed by atoms with Gasteiger partial charge in [-0.1, -0.05) is 22.8 Å². The molecule has 1 atom stereocenters. The van der Waals surface area contributed by atoms with Crippen molar-refractivity contribution in [1.29, 1.82) is 0 Å². The van der Waals surface area contributed by atoms with Gasteiger partial charge in [-0.15, -0.1) is 0 Å². The van der Waals surface area contributed by atoms with Gasteiger partial charge in [0.05, 0.1) is 5.92 Å². The van der Waals surface area contributed by atoms with Crippen LogP contribution in [0.2, 0.25) is 5.02 Å². The van der Waals surface area contributed by atoms with Crippen LogP contribution in [0.15, 0.2) is 53.3 Å². The van der Waals surface area contributed by atoms with E-state index in [0.717, 1.165) is 11.3 Å². The van der Waals surface area contributed by atoms with Crippen molar-refractivity contribution in [3.8, 4) is 11.4 Å². The highest BCUT2D eigenvalue weighted by Gasteiger charge is 2.35. The first kappa shape index (κ1) is 14.8. The van der Waals surface area contributed by atoms with Crippen molar-refractivity contribution >= 4 is 23.2 Å². The maximum atomic E-state index is 12.3. The predicted molar refractivity (Wildman–Crippen MR) is 88.7 cm³/mol. The molecule has 2 aromatic heterocycles. The third-order valence-corrected chi connectivity index (χ3v) is 4.21. The standard InChI is InChI=1S/C17H13ClN4O2/c18-13-2-1-3-14(9-13)22-10-12(8-15(22)23)17-20-16(21-24-17)11-4-6-19-7-5-11/h1-7,9,12H,8,10H2/t12-/m0/s1. The Kier molecular flexibility index (Phi) is 3.74. The van der Waals surface area contributed by atoms with Crippen molar-refractivity contribution < 1.29 is 9.32 Å². The minimum atomic E-state index is -0.125. The van der Waals surface area contributed by atoms with Crippen LogP contribution in [0.5, 0.6) is 0 Å². The largest absolute Gasteiger partial charge is 0.339 e. The second-order valence-electron chi connectivity index (χ2n) is 5.58. The molecular weight excluding hydrogens is 328 g/mol. The predicted octanol–water partition coefficient (Wildman–Crippen LogP) is 3.31. The summed E-state index contributed by atoms with van der Waals surface area (Å²) in [4.78, 5) is 22.4. The number of amides is 1. The van der Waals surface area contributed by atoms with Crippen LogP contribution in [-0.2, 0) is 4.79 Å². The minimum absolute atomic E-state index is 0.0194. The zero-order valence-electron chi connectivity index (χ0n) is 12.6. The van der Waals surface area contributed by atoms with Gasteiger partial charge in [0, 0.05) is 41.6 Å². The number of benzene rings is 1. The fraction of sp³-hybridized carbons (Fsp3) is 0.176. The molecule has 0 aliphatic carbocycles. The van der Waals surface area contributed by atoms with Crippen LogP contribution >= 0.6 is 11.6 Å². The van der Waals surface area contributed by atoms with Crippen LogP contribution in [0.3, 0.4) is 0 Å². The Balaban J connectivity index is 1.56. The number of carbonyl (C=O) groups excluding carboxylic acids is 1. The van der Waals surface area contributed by atoms with Gasteiger partial charge in [-0.25, -0.2) is 0 Å². The summed E-state index contributed by atoms with van der Waals surface area (Å²) in [6.07, 6.45) is 3.68. The Morgan fingerprint density at radius 1 is 1.21 bits per heavy atom. The minimum Gasteiger partial charge on any atom is -0.339 e. The zero-order chi connectivity index (χ0) is 16.5. The van der Waals surface area contributed by atoms with Gasteiger partial charge in [0.25, 0.3) is 0 Å². The summed E-state index contributed by atoms with van der Waals surface area (Å²) in [5.74, 6) is 0.867. The highest BCUT2D eigenvalue weighted by Crippen LogP contribution is 2.32. The summed E-state index contributed by atoms with van der Waals surface area (Å²) in [6.45, 7) is 0.497. The lowest BCUT2D eigenvalue weighted by molar-refractivity contribution is -0.117. The lowest BCUT2D eigenvalue weighted by Gasteiger charge is -2.16. The van der Waals surface area contributed by atoms with Crippen molar-refractivity contribution in [3.05, 3.63) is 59.7 Å². The Hall–Kier alpha value is -2.73. The molecule has 120 valence electrons.